The van der Waals surface area contributed by atoms with Gasteiger partial charge in [-0.15, -0.1) is 0 Å². The molecule has 1 aromatic heterocycles. The number of carbonyl (C=O) groups excluding carboxylic acids is 1. The molecule has 0 aliphatic carbocycles. The summed E-state index contributed by atoms with van der Waals surface area (Å²) in [5.74, 6) is 0.581. The largest absolute Gasteiger partial charge is 0.484 e. The van der Waals surface area contributed by atoms with Crippen molar-refractivity contribution < 1.29 is 9.53 Å². The van der Waals surface area contributed by atoms with Gasteiger partial charge in [-0.05, 0) is 24.1 Å². The summed E-state index contributed by atoms with van der Waals surface area (Å²) >= 11 is 0. The number of amides is 1. The Morgan fingerprint density at radius 2 is 2.16 bits per heavy atom. The van der Waals surface area contributed by atoms with E-state index in [2.05, 4.69) is 10.4 Å². The fourth-order valence-corrected chi connectivity index (χ4v) is 1.66. The third-order valence-corrected chi connectivity index (χ3v) is 2.61. The van der Waals surface area contributed by atoms with Crippen molar-refractivity contribution in [3.8, 4) is 5.75 Å². The molecule has 0 unspecified atom stereocenters. The van der Waals surface area contributed by atoms with Crippen molar-refractivity contribution in [2.24, 2.45) is 7.05 Å². The maximum Gasteiger partial charge on any atom is 0.257 e. The quantitative estimate of drug-likeness (QED) is 0.847. The molecule has 0 bridgehead atoms. The van der Waals surface area contributed by atoms with Crippen molar-refractivity contribution in [1.29, 1.82) is 0 Å². The van der Waals surface area contributed by atoms with Gasteiger partial charge in [-0.1, -0.05) is 18.2 Å². The summed E-state index contributed by atoms with van der Waals surface area (Å²) in [5.41, 5.74) is 1.10. The van der Waals surface area contributed by atoms with Crippen LogP contribution in [-0.4, -0.2) is 28.8 Å². The van der Waals surface area contributed by atoms with Crippen molar-refractivity contribution in [3.05, 3.63) is 48.3 Å². The minimum Gasteiger partial charge on any atom is -0.484 e. The van der Waals surface area contributed by atoms with Crippen LogP contribution in [0.5, 0.6) is 5.75 Å². The van der Waals surface area contributed by atoms with Crippen LogP contribution < -0.4 is 10.1 Å². The molecule has 0 aliphatic heterocycles. The third kappa shape index (κ3) is 4.46. The van der Waals surface area contributed by atoms with Gasteiger partial charge in [-0.25, -0.2) is 0 Å². The number of hydrogen-bond donors (Lipinski definition) is 1. The molecular weight excluding hydrogens is 242 g/mol. The van der Waals surface area contributed by atoms with Crippen LogP contribution in [0, 0.1) is 0 Å². The highest BCUT2D eigenvalue weighted by Gasteiger charge is 2.02. The van der Waals surface area contributed by atoms with Crippen molar-refractivity contribution in [3.63, 3.8) is 0 Å². The molecular formula is C14H17N3O2. The fraction of sp³-hybridized carbons (Fsp3) is 0.286. The number of aryl methyl sites for hydroxylation is 1. The number of aromatic nitrogens is 2. The van der Waals surface area contributed by atoms with E-state index in [9.17, 15) is 4.79 Å². The molecule has 5 heteroatoms. The van der Waals surface area contributed by atoms with Gasteiger partial charge in [0.2, 0.25) is 0 Å². The molecule has 1 heterocycles. The number of rotatable bonds is 6. The molecule has 2 rings (SSSR count). The summed E-state index contributed by atoms with van der Waals surface area (Å²) in [7, 11) is 1.87. The van der Waals surface area contributed by atoms with Crippen LogP contribution in [0.15, 0.2) is 42.7 Å². The Balaban J connectivity index is 1.65. The lowest BCUT2D eigenvalue weighted by Gasteiger charge is -2.06. The Hall–Kier alpha value is -2.30. The van der Waals surface area contributed by atoms with E-state index in [1.54, 1.807) is 10.9 Å². The summed E-state index contributed by atoms with van der Waals surface area (Å²) < 4.78 is 7.09. The van der Waals surface area contributed by atoms with E-state index >= 15 is 0 Å². The van der Waals surface area contributed by atoms with Crippen LogP contribution >= 0.6 is 0 Å². The summed E-state index contributed by atoms with van der Waals surface area (Å²) in [4.78, 5) is 11.6. The minimum absolute atomic E-state index is 0.0387. The number of nitrogens with one attached hydrogen (secondary N) is 1. The molecule has 0 spiro atoms. The van der Waals surface area contributed by atoms with Gasteiger partial charge < -0.3 is 10.1 Å². The Labute approximate surface area is 112 Å². The Bertz CT molecular complexity index is 522. The second-order valence-electron chi connectivity index (χ2n) is 4.22. The van der Waals surface area contributed by atoms with Crippen LogP contribution in [0.2, 0.25) is 0 Å². The first-order valence-corrected chi connectivity index (χ1v) is 6.16. The van der Waals surface area contributed by atoms with Crippen molar-refractivity contribution >= 4 is 5.91 Å². The molecule has 0 radical (unpaired) electrons. The van der Waals surface area contributed by atoms with Gasteiger partial charge in [0.25, 0.3) is 5.91 Å². The molecule has 0 saturated heterocycles. The normalized spacial score (nSPS) is 10.2. The molecule has 19 heavy (non-hydrogen) atoms. The highest BCUT2D eigenvalue weighted by Crippen LogP contribution is 2.07. The molecule has 1 amide bonds. The SMILES string of the molecule is Cn1cc(CCNC(=O)COc2ccccc2)cn1. The van der Waals surface area contributed by atoms with Gasteiger partial charge in [0.15, 0.2) is 6.61 Å². The fourth-order valence-electron chi connectivity index (χ4n) is 1.66. The van der Waals surface area contributed by atoms with E-state index < -0.39 is 0 Å². The topological polar surface area (TPSA) is 56.2 Å². The van der Waals surface area contributed by atoms with Gasteiger partial charge in [-0.3, -0.25) is 9.48 Å². The number of nitrogens with zero attached hydrogens (tertiary/aromatic N) is 2. The number of hydrogen-bond acceptors (Lipinski definition) is 3. The van der Waals surface area contributed by atoms with Crippen LogP contribution in [0.1, 0.15) is 5.56 Å². The second-order valence-corrected chi connectivity index (χ2v) is 4.22. The minimum atomic E-state index is -0.118. The van der Waals surface area contributed by atoms with Gasteiger partial charge >= 0.3 is 0 Å². The monoisotopic (exact) mass is 259 g/mol. The average Bonchev–Trinajstić information content (AvgIpc) is 2.83. The number of carbonyl (C=O) groups is 1. The van der Waals surface area contributed by atoms with Gasteiger partial charge in [0.05, 0.1) is 6.20 Å². The van der Waals surface area contributed by atoms with Crippen LogP contribution in [0.4, 0.5) is 0 Å². The zero-order valence-electron chi connectivity index (χ0n) is 10.9. The van der Waals surface area contributed by atoms with E-state index in [0.717, 1.165) is 12.0 Å². The lowest BCUT2D eigenvalue weighted by Crippen LogP contribution is -2.30. The van der Waals surface area contributed by atoms with Crippen molar-refractivity contribution in [1.82, 2.24) is 15.1 Å². The Morgan fingerprint density at radius 3 is 2.84 bits per heavy atom. The maximum absolute atomic E-state index is 11.6. The predicted molar refractivity (Wildman–Crippen MR) is 71.9 cm³/mol. The summed E-state index contributed by atoms with van der Waals surface area (Å²) in [6.07, 6.45) is 4.50. The van der Waals surface area contributed by atoms with Gasteiger partial charge in [-0.2, -0.15) is 5.10 Å². The molecule has 1 N–H and O–H groups in total. The first-order valence-electron chi connectivity index (χ1n) is 6.16. The number of ether oxygens (including phenoxy) is 1. The maximum atomic E-state index is 11.6. The Kier molecular flexibility index (Phi) is 4.55. The zero-order valence-corrected chi connectivity index (χ0v) is 10.9. The average molecular weight is 259 g/mol. The smallest absolute Gasteiger partial charge is 0.257 e. The first-order chi connectivity index (χ1) is 9.24. The second kappa shape index (κ2) is 6.58. The van der Waals surface area contributed by atoms with Crippen LogP contribution in [-0.2, 0) is 18.3 Å². The summed E-state index contributed by atoms with van der Waals surface area (Å²) in [5, 5.41) is 6.88. The molecule has 0 fully saturated rings. The van der Waals surface area contributed by atoms with Gasteiger partial charge in [0, 0.05) is 19.8 Å². The van der Waals surface area contributed by atoms with E-state index in [4.69, 9.17) is 4.74 Å². The molecule has 5 nitrogen and oxygen atoms in total. The molecule has 0 atom stereocenters. The first kappa shape index (κ1) is 13.1. The number of benzene rings is 1. The molecule has 0 saturated carbocycles. The van der Waals surface area contributed by atoms with E-state index in [1.807, 2.05) is 43.6 Å². The molecule has 2 aromatic rings. The lowest BCUT2D eigenvalue weighted by molar-refractivity contribution is -0.123. The molecule has 1 aromatic carbocycles. The Morgan fingerprint density at radius 1 is 1.37 bits per heavy atom. The van der Waals surface area contributed by atoms with Gasteiger partial charge in [0.1, 0.15) is 5.75 Å². The lowest BCUT2D eigenvalue weighted by atomic mass is 10.2. The van der Waals surface area contributed by atoms with E-state index in [1.165, 1.54) is 0 Å². The number of para-hydroxylation sites is 1. The molecule has 0 aliphatic rings. The van der Waals surface area contributed by atoms with E-state index in [0.29, 0.717) is 12.3 Å². The van der Waals surface area contributed by atoms with Crippen LogP contribution in [0.25, 0.3) is 0 Å². The highest BCUT2D eigenvalue weighted by molar-refractivity contribution is 5.77. The van der Waals surface area contributed by atoms with Crippen molar-refractivity contribution in [2.75, 3.05) is 13.2 Å². The zero-order chi connectivity index (χ0) is 13.5. The molecule has 100 valence electrons. The van der Waals surface area contributed by atoms with Crippen LogP contribution in [0.3, 0.4) is 0 Å². The van der Waals surface area contributed by atoms with Crippen molar-refractivity contribution in [2.45, 2.75) is 6.42 Å². The predicted octanol–water partition coefficient (Wildman–Crippen LogP) is 1.16. The summed E-state index contributed by atoms with van der Waals surface area (Å²) in [6.45, 7) is 0.625. The highest BCUT2D eigenvalue weighted by atomic mass is 16.5. The standard InChI is InChI=1S/C14H17N3O2/c1-17-10-12(9-16-17)7-8-15-14(18)11-19-13-5-3-2-4-6-13/h2-6,9-10H,7-8,11H2,1H3,(H,15,18). The summed E-state index contributed by atoms with van der Waals surface area (Å²) in [6, 6.07) is 9.29. The van der Waals surface area contributed by atoms with E-state index in [-0.39, 0.29) is 12.5 Å². The third-order valence-electron chi connectivity index (χ3n) is 2.61.